The molecular formula is C22H22N2O5. The lowest BCUT2D eigenvalue weighted by molar-refractivity contribution is -0.153. The van der Waals surface area contributed by atoms with Crippen LogP contribution in [0.1, 0.15) is 19.2 Å². The number of esters is 1. The van der Waals surface area contributed by atoms with Crippen molar-refractivity contribution in [2.75, 3.05) is 12.4 Å². The predicted molar refractivity (Wildman–Crippen MR) is 107 cm³/mol. The standard InChI is InChI=1S/C22H22N2O5/c1-15(22(26)24-17-10-6-7-11-18(17)27-2)28-21(25)13-12-20-23-14-19(29-20)16-8-4-3-5-9-16/h3-11,14-15H,12-13H2,1-2H3,(H,24,26). The number of carbonyl (C=O) groups is 2. The van der Waals surface area contributed by atoms with Crippen molar-refractivity contribution in [1.82, 2.24) is 4.98 Å². The fraction of sp³-hybridized carbons (Fsp3) is 0.227. The van der Waals surface area contributed by atoms with Crippen molar-refractivity contribution in [1.29, 1.82) is 0 Å². The molecule has 29 heavy (non-hydrogen) atoms. The third kappa shape index (κ3) is 5.44. The summed E-state index contributed by atoms with van der Waals surface area (Å²) >= 11 is 0. The van der Waals surface area contributed by atoms with Crippen LogP contribution in [-0.4, -0.2) is 30.1 Å². The first-order valence-corrected chi connectivity index (χ1v) is 9.20. The maximum absolute atomic E-state index is 12.3. The molecule has 1 atom stereocenters. The topological polar surface area (TPSA) is 90.7 Å². The van der Waals surface area contributed by atoms with Crippen molar-refractivity contribution < 1.29 is 23.5 Å². The van der Waals surface area contributed by atoms with E-state index >= 15 is 0 Å². The number of ether oxygens (including phenoxy) is 2. The van der Waals surface area contributed by atoms with E-state index in [2.05, 4.69) is 10.3 Å². The number of hydrogen-bond acceptors (Lipinski definition) is 6. The highest BCUT2D eigenvalue weighted by Crippen LogP contribution is 2.23. The van der Waals surface area contributed by atoms with Crippen molar-refractivity contribution in [3.05, 3.63) is 66.7 Å². The lowest BCUT2D eigenvalue weighted by Crippen LogP contribution is -2.30. The second-order valence-corrected chi connectivity index (χ2v) is 6.31. The molecule has 0 saturated carbocycles. The molecule has 0 radical (unpaired) electrons. The van der Waals surface area contributed by atoms with Crippen molar-refractivity contribution in [3.8, 4) is 17.1 Å². The number of oxazole rings is 1. The zero-order valence-electron chi connectivity index (χ0n) is 16.3. The van der Waals surface area contributed by atoms with Gasteiger partial charge < -0.3 is 19.2 Å². The average molecular weight is 394 g/mol. The Morgan fingerprint density at radius 2 is 1.83 bits per heavy atom. The lowest BCUT2D eigenvalue weighted by atomic mass is 10.2. The van der Waals surface area contributed by atoms with Gasteiger partial charge in [-0.1, -0.05) is 42.5 Å². The Hall–Kier alpha value is -3.61. The largest absolute Gasteiger partial charge is 0.495 e. The highest BCUT2D eigenvalue weighted by atomic mass is 16.5. The molecule has 0 aliphatic carbocycles. The van der Waals surface area contributed by atoms with Crippen LogP contribution in [0, 0.1) is 0 Å². The van der Waals surface area contributed by atoms with Crippen molar-refractivity contribution in [2.45, 2.75) is 25.9 Å². The molecular weight excluding hydrogens is 372 g/mol. The number of carbonyl (C=O) groups excluding carboxylic acids is 2. The van der Waals surface area contributed by atoms with Crippen molar-refractivity contribution >= 4 is 17.6 Å². The summed E-state index contributed by atoms with van der Waals surface area (Å²) in [4.78, 5) is 28.5. The summed E-state index contributed by atoms with van der Waals surface area (Å²) in [6, 6.07) is 16.6. The van der Waals surface area contributed by atoms with E-state index in [9.17, 15) is 9.59 Å². The zero-order chi connectivity index (χ0) is 20.6. The Kier molecular flexibility index (Phi) is 6.63. The normalized spacial score (nSPS) is 11.5. The number of benzene rings is 2. The fourth-order valence-electron chi connectivity index (χ4n) is 2.66. The Morgan fingerprint density at radius 3 is 2.59 bits per heavy atom. The van der Waals surface area contributed by atoms with Gasteiger partial charge in [-0.05, 0) is 19.1 Å². The van der Waals surface area contributed by atoms with Crippen LogP contribution in [0.5, 0.6) is 5.75 Å². The summed E-state index contributed by atoms with van der Waals surface area (Å²) in [5.74, 6) is 0.653. The number of aryl methyl sites for hydroxylation is 1. The molecule has 1 aromatic heterocycles. The van der Waals surface area contributed by atoms with Crippen molar-refractivity contribution in [2.24, 2.45) is 0 Å². The van der Waals surface area contributed by atoms with Crippen molar-refractivity contribution in [3.63, 3.8) is 0 Å². The van der Waals surface area contributed by atoms with E-state index in [0.717, 1.165) is 5.56 Å². The lowest BCUT2D eigenvalue weighted by Gasteiger charge is -2.15. The monoisotopic (exact) mass is 394 g/mol. The summed E-state index contributed by atoms with van der Waals surface area (Å²) < 4.78 is 16.1. The number of hydrogen-bond donors (Lipinski definition) is 1. The van der Waals surface area contributed by atoms with E-state index in [0.29, 0.717) is 23.1 Å². The molecule has 1 amide bonds. The maximum Gasteiger partial charge on any atom is 0.307 e. The summed E-state index contributed by atoms with van der Waals surface area (Å²) in [7, 11) is 1.51. The minimum Gasteiger partial charge on any atom is -0.495 e. The number of anilines is 1. The van der Waals surface area contributed by atoms with Crippen LogP contribution in [0.15, 0.2) is 65.2 Å². The number of methoxy groups -OCH3 is 1. The van der Waals surface area contributed by atoms with Crippen LogP contribution >= 0.6 is 0 Å². The number of nitrogens with one attached hydrogen (secondary N) is 1. The first-order chi connectivity index (χ1) is 14.1. The second-order valence-electron chi connectivity index (χ2n) is 6.31. The van der Waals surface area contributed by atoms with Gasteiger partial charge in [0.1, 0.15) is 5.75 Å². The molecule has 1 heterocycles. The van der Waals surface area contributed by atoms with Gasteiger partial charge in [0.05, 0.1) is 25.4 Å². The molecule has 0 saturated heterocycles. The Balaban J connectivity index is 1.49. The number of nitrogens with zero attached hydrogens (tertiary/aromatic N) is 1. The Labute approximate surface area is 168 Å². The van der Waals surface area contributed by atoms with Gasteiger partial charge in [-0.2, -0.15) is 0 Å². The second kappa shape index (κ2) is 9.54. The van der Waals surface area contributed by atoms with Crippen LogP contribution < -0.4 is 10.1 Å². The molecule has 3 rings (SSSR count). The molecule has 0 aliphatic rings. The number of rotatable bonds is 8. The van der Waals surface area contributed by atoms with E-state index in [4.69, 9.17) is 13.9 Å². The number of amides is 1. The SMILES string of the molecule is COc1ccccc1NC(=O)C(C)OC(=O)CCc1ncc(-c2ccccc2)o1. The van der Waals surface area contributed by atoms with E-state index in [1.165, 1.54) is 14.0 Å². The third-order valence-corrected chi connectivity index (χ3v) is 4.20. The molecule has 1 N–H and O–H groups in total. The summed E-state index contributed by atoms with van der Waals surface area (Å²) in [5, 5.41) is 2.69. The number of para-hydroxylation sites is 2. The molecule has 3 aromatic rings. The molecule has 0 aliphatic heterocycles. The van der Waals surface area contributed by atoms with Gasteiger partial charge in [-0.3, -0.25) is 9.59 Å². The Morgan fingerprint density at radius 1 is 1.10 bits per heavy atom. The van der Waals surface area contributed by atoms with E-state index in [1.807, 2.05) is 30.3 Å². The Bertz CT molecular complexity index is 968. The number of aromatic nitrogens is 1. The van der Waals surface area contributed by atoms with Crippen LogP contribution in [0.3, 0.4) is 0 Å². The zero-order valence-corrected chi connectivity index (χ0v) is 16.3. The van der Waals surface area contributed by atoms with Crippen LogP contribution in [0.25, 0.3) is 11.3 Å². The van der Waals surface area contributed by atoms with Gasteiger partial charge in [0.2, 0.25) is 0 Å². The van der Waals surface area contributed by atoms with Crippen LogP contribution in [0.2, 0.25) is 0 Å². The fourth-order valence-corrected chi connectivity index (χ4v) is 2.66. The molecule has 1 unspecified atom stereocenters. The van der Waals surface area contributed by atoms with E-state index in [1.54, 1.807) is 30.5 Å². The first kappa shape index (κ1) is 20.1. The minimum atomic E-state index is -0.947. The van der Waals surface area contributed by atoms with Gasteiger partial charge in [0.15, 0.2) is 17.8 Å². The van der Waals surface area contributed by atoms with Gasteiger partial charge in [-0.25, -0.2) is 4.98 Å². The molecule has 0 bridgehead atoms. The predicted octanol–water partition coefficient (Wildman–Crippen LogP) is 3.85. The molecule has 2 aromatic carbocycles. The average Bonchev–Trinajstić information content (AvgIpc) is 3.22. The quantitative estimate of drug-likeness (QED) is 0.584. The smallest absolute Gasteiger partial charge is 0.307 e. The van der Waals surface area contributed by atoms with Gasteiger partial charge >= 0.3 is 5.97 Å². The third-order valence-electron chi connectivity index (χ3n) is 4.20. The maximum atomic E-state index is 12.3. The molecule has 7 heteroatoms. The van der Waals surface area contributed by atoms with Gasteiger partial charge in [0, 0.05) is 12.0 Å². The van der Waals surface area contributed by atoms with Crippen LogP contribution in [-0.2, 0) is 20.7 Å². The summed E-state index contributed by atoms with van der Waals surface area (Å²) in [6.07, 6.45) is 1.02. The van der Waals surface area contributed by atoms with E-state index < -0.39 is 18.0 Å². The first-order valence-electron chi connectivity index (χ1n) is 9.20. The molecule has 0 fully saturated rings. The summed E-state index contributed by atoms with van der Waals surface area (Å²) in [6.45, 7) is 1.52. The molecule has 150 valence electrons. The van der Waals surface area contributed by atoms with Crippen LogP contribution in [0.4, 0.5) is 5.69 Å². The van der Waals surface area contributed by atoms with Gasteiger partial charge in [-0.15, -0.1) is 0 Å². The molecule has 7 nitrogen and oxygen atoms in total. The van der Waals surface area contributed by atoms with Gasteiger partial charge in [0.25, 0.3) is 5.91 Å². The minimum absolute atomic E-state index is 0.0566. The summed E-state index contributed by atoms with van der Waals surface area (Å²) in [5.41, 5.74) is 1.42. The molecule has 0 spiro atoms. The highest BCUT2D eigenvalue weighted by molar-refractivity contribution is 5.96. The van der Waals surface area contributed by atoms with E-state index in [-0.39, 0.29) is 12.8 Å². The highest BCUT2D eigenvalue weighted by Gasteiger charge is 2.19.